The van der Waals surface area contributed by atoms with Crippen molar-refractivity contribution in [1.29, 1.82) is 0 Å². The molecule has 0 aliphatic carbocycles. The molecule has 2 aromatic heterocycles. The lowest BCUT2D eigenvalue weighted by Gasteiger charge is -2.04. The Labute approximate surface area is 99.7 Å². The van der Waals surface area contributed by atoms with Crippen molar-refractivity contribution in [3.8, 4) is 0 Å². The van der Waals surface area contributed by atoms with Gasteiger partial charge in [0.05, 0.1) is 11.4 Å². The molecule has 0 spiro atoms. The minimum Gasteiger partial charge on any atom is -0.410 e. The number of hydrogen-bond acceptors (Lipinski definition) is 4. The molecule has 0 bridgehead atoms. The van der Waals surface area contributed by atoms with Crippen molar-refractivity contribution in [1.82, 2.24) is 9.97 Å². The van der Waals surface area contributed by atoms with Crippen LogP contribution in [0.4, 0.5) is 0 Å². The Bertz CT molecular complexity index is 517. The zero-order chi connectivity index (χ0) is 12.3. The molecular weight excluding hydrogens is 214 g/mol. The van der Waals surface area contributed by atoms with Crippen molar-refractivity contribution in [2.24, 2.45) is 5.16 Å². The number of hydrogen-bond donors (Lipinski definition) is 1. The van der Waals surface area contributed by atoms with Gasteiger partial charge in [-0.25, -0.2) is 0 Å². The minimum absolute atomic E-state index is 0.386. The Morgan fingerprint density at radius 1 is 0.941 bits per heavy atom. The van der Waals surface area contributed by atoms with E-state index in [1.54, 1.807) is 12.1 Å². The van der Waals surface area contributed by atoms with E-state index in [1.165, 1.54) is 0 Å². The molecule has 1 N–H and O–H groups in total. The van der Waals surface area contributed by atoms with E-state index in [2.05, 4.69) is 15.1 Å². The van der Waals surface area contributed by atoms with E-state index < -0.39 is 0 Å². The van der Waals surface area contributed by atoms with Gasteiger partial charge in [0.2, 0.25) is 0 Å². The first-order valence-electron chi connectivity index (χ1n) is 5.31. The quantitative estimate of drug-likeness (QED) is 0.486. The standard InChI is InChI=1S/C13H13N3O/c1-9-5-3-7-11(14-9)13(16-17)12-8-4-6-10(2)15-12/h3-8,17H,1-2H3. The maximum absolute atomic E-state index is 9.12. The van der Waals surface area contributed by atoms with Crippen LogP contribution in [-0.4, -0.2) is 20.9 Å². The normalized spacial score (nSPS) is 10.0. The van der Waals surface area contributed by atoms with Gasteiger partial charge in [-0.15, -0.1) is 0 Å². The summed E-state index contributed by atoms with van der Waals surface area (Å²) in [5.74, 6) is 0. The average molecular weight is 227 g/mol. The topological polar surface area (TPSA) is 58.4 Å². The van der Waals surface area contributed by atoms with Gasteiger partial charge in [0, 0.05) is 11.4 Å². The lowest BCUT2D eigenvalue weighted by molar-refractivity contribution is 0.319. The molecule has 4 nitrogen and oxygen atoms in total. The highest BCUT2D eigenvalue weighted by Gasteiger charge is 2.10. The van der Waals surface area contributed by atoms with Crippen LogP contribution in [0.2, 0.25) is 0 Å². The fourth-order valence-corrected chi connectivity index (χ4v) is 1.58. The first-order valence-corrected chi connectivity index (χ1v) is 5.31. The smallest absolute Gasteiger partial charge is 0.153 e. The van der Waals surface area contributed by atoms with Crippen LogP contribution >= 0.6 is 0 Å². The summed E-state index contributed by atoms with van der Waals surface area (Å²) in [4.78, 5) is 8.64. The Hall–Kier alpha value is -2.23. The molecule has 86 valence electrons. The van der Waals surface area contributed by atoms with Crippen LogP contribution in [0, 0.1) is 13.8 Å². The number of pyridine rings is 2. The second kappa shape index (κ2) is 4.74. The first kappa shape index (κ1) is 11.3. The largest absolute Gasteiger partial charge is 0.410 e. The van der Waals surface area contributed by atoms with E-state index in [1.807, 2.05) is 38.1 Å². The third-order valence-electron chi connectivity index (χ3n) is 2.36. The number of aromatic nitrogens is 2. The van der Waals surface area contributed by atoms with Gasteiger partial charge in [0.15, 0.2) is 5.71 Å². The van der Waals surface area contributed by atoms with Crippen molar-refractivity contribution in [3.05, 3.63) is 59.2 Å². The molecule has 0 aliphatic rings. The fourth-order valence-electron chi connectivity index (χ4n) is 1.58. The van der Waals surface area contributed by atoms with E-state index in [4.69, 9.17) is 5.21 Å². The summed E-state index contributed by atoms with van der Waals surface area (Å²) >= 11 is 0. The van der Waals surface area contributed by atoms with Crippen LogP contribution in [0.25, 0.3) is 0 Å². The van der Waals surface area contributed by atoms with Crippen LogP contribution in [0.3, 0.4) is 0 Å². The van der Waals surface area contributed by atoms with Crippen LogP contribution in [-0.2, 0) is 0 Å². The van der Waals surface area contributed by atoms with Crippen LogP contribution in [0.15, 0.2) is 41.6 Å². The van der Waals surface area contributed by atoms with Crippen molar-refractivity contribution >= 4 is 5.71 Å². The summed E-state index contributed by atoms with van der Waals surface area (Å²) in [6, 6.07) is 11.1. The Morgan fingerprint density at radius 2 is 1.41 bits per heavy atom. The maximum Gasteiger partial charge on any atom is 0.153 e. The van der Waals surface area contributed by atoms with E-state index >= 15 is 0 Å². The second-order valence-corrected chi connectivity index (χ2v) is 3.78. The van der Waals surface area contributed by atoms with Gasteiger partial charge in [-0.05, 0) is 38.1 Å². The number of rotatable bonds is 2. The molecule has 0 unspecified atom stereocenters. The third-order valence-corrected chi connectivity index (χ3v) is 2.36. The van der Waals surface area contributed by atoms with Crippen molar-refractivity contribution in [2.45, 2.75) is 13.8 Å². The zero-order valence-corrected chi connectivity index (χ0v) is 9.75. The molecule has 0 fully saturated rings. The monoisotopic (exact) mass is 227 g/mol. The molecule has 2 heterocycles. The van der Waals surface area contributed by atoms with Gasteiger partial charge >= 0.3 is 0 Å². The molecule has 0 amide bonds. The van der Waals surface area contributed by atoms with Crippen molar-refractivity contribution in [3.63, 3.8) is 0 Å². The lowest BCUT2D eigenvalue weighted by atomic mass is 10.1. The number of nitrogens with zero attached hydrogens (tertiary/aromatic N) is 3. The summed E-state index contributed by atoms with van der Waals surface area (Å²) in [7, 11) is 0. The molecule has 2 aromatic rings. The van der Waals surface area contributed by atoms with Gasteiger partial charge in [0.25, 0.3) is 0 Å². The molecule has 2 rings (SSSR count). The van der Waals surface area contributed by atoms with E-state index in [0.29, 0.717) is 17.1 Å². The van der Waals surface area contributed by atoms with Gasteiger partial charge < -0.3 is 5.21 Å². The van der Waals surface area contributed by atoms with Crippen molar-refractivity contribution < 1.29 is 5.21 Å². The molecule has 17 heavy (non-hydrogen) atoms. The second-order valence-electron chi connectivity index (χ2n) is 3.78. The molecule has 0 radical (unpaired) electrons. The number of oxime groups is 1. The van der Waals surface area contributed by atoms with Gasteiger partial charge in [-0.1, -0.05) is 17.3 Å². The summed E-state index contributed by atoms with van der Waals surface area (Å²) in [5.41, 5.74) is 3.36. The summed E-state index contributed by atoms with van der Waals surface area (Å²) in [6.45, 7) is 3.78. The molecule has 0 atom stereocenters. The van der Waals surface area contributed by atoms with Crippen LogP contribution in [0.5, 0.6) is 0 Å². The number of aryl methyl sites for hydroxylation is 2. The summed E-state index contributed by atoms with van der Waals surface area (Å²) in [6.07, 6.45) is 0. The highest BCUT2D eigenvalue weighted by molar-refractivity contribution is 6.10. The van der Waals surface area contributed by atoms with Crippen LogP contribution < -0.4 is 0 Å². The van der Waals surface area contributed by atoms with Gasteiger partial charge in [-0.3, -0.25) is 9.97 Å². The maximum atomic E-state index is 9.12. The molecule has 0 saturated carbocycles. The lowest BCUT2D eigenvalue weighted by Crippen LogP contribution is -2.09. The first-order chi connectivity index (χ1) is 8.20. The summed E-state index contributed by atoms with van der Waals surface area (Å²) in [5, 5.41) is 12.4. The Kier molecular flexibility index (Phi) is 3.14. The highest BCUT2D eigenvalue weighted by atomic mass is 16.4. The SMILES string of the molecule is Cc1cccc(C(=NO)c2cccc(C)n2)n1. The predicted molar refractivity (Wildman–Crippen MR) is 65.4 cm³/mol. The zero-order valence-electron chi connectivity index (χ0n) is 9.75. The summed E-state index contributed by atoms with van der Waals surface area (Å²) < 4.78 is 0. The Balaban J connectivity index is 2.48. The van der Waals surface area contributed by atoms with E-state index in [-0.39, 0.29) is 0 Å². The van der Waals surface area contributed by atoms with E-state index in [9.17, 15) is 0 Å². The Morgan fingerprint density at radius 3 is 1.76 bits per heavy atom. The third kappa shape index (κ3) is 2.47. The molecule has 4 heteroatoms. The predicted octanol–water partition coefficient (Wildman–Crippen LogP) is 2.32. The molecule has 0 saturated heterocycles. The molecule has 0 aliphatic heterocycles. The van der Waals surface area contributed by atoms with Gasteiger partial charge in [-0.2, -0.15) is 0 Å². The van der Waals surface area contributed by atoms with Gasteiger partial charge in [0.1, 0.15) is 0 Å². The van der Waals surface area contributed by atoms with E-state index in [0.717, 1.165) is 11.4 Å². The average Bonchev–Trinajstić information content (AvgIpc) is 2.30. The molecule has 0 aromatic carbocycles. The minimum atomic E-state index is 0.386. The fraction of sp³-hybridized carbons (Fsp3) is 0.154. The molecular formula is C13H13N3O. The highest BCUT2D eigenvalue weighted by Crippen LogP contribution is 2.08. The van der Waals surface area contributed by atoms with Crippen molar-refractivity contribution in [2.75, 3.05) is 0 Å². The van der Waals surface area contributed by atoms with Crippen LogP contribution in [0.1, 0.15) is 22.8 Å².